The fourth-order valence-corrected chi connectivity index (χ4v) is 3.14. The number of carbonyl (C=O) groups is 2. The molecule has 2 atom stereocenters. The van der Waals surface area contributed by atoms with Crippen molar-refractivity contribution in [2.45, 2.75) is 26.3 Å². The summed E-state index contributed by atoms with van der Waals surface area (Å²) in [4.78, 5) is 27.6. The van der Waals surface area contributed by atoms with Gasteiger partial charge in [0.05, 0.1) is 5.52 Å². The molecule has 0 fully saturated rings. The molecule has 6 heteroatoms. The molecule has 0 aliphatic rings. The summed E-state index contributed by atoms with van der Waals surface area (Å²) in [5.41, 5.74) is 2.02. The van der Waals surface area contributed by atoms with E-state index in [9.17, 15) is 9.59 Å². The highest BCUT2D eigenvalue weighted by Gasteiger charge is 2.25. The lowest BCUT2D eigenvalue weighted by atomic mass is 9.98. The number of amides is 2. The van der Waals surface area contributed by atoms with E-state index in [0.29, 0.717) is 5.75 Å². The van der Waals surface area contributed by atoms with Crippen molar-refractivity contribution >= 4 is 33.6 Å². The van der Waals surface area contributed by atoms with E-state index in [4.69, 9.17) is 4.74 Å². The van der Waals surface area contributed by atoms with Gasteiger partial charge in [-0.3, -0.25) is 9.59 Å². The molecule has 2 amide bonds. The van der Waals surface area contributed by atoms with Crippen LogP contribution in [0.15, 0.2) is 42.5 Å². The molecule has 3 N–H and O–H groups in total. The van der Waals surface area contributed by atoms with E-state index in [1.54, 1.807) is 7.05 Å². The van der Waals surface area contributed by atoms with Crippen molar-refractivity contribution in [2.75, 3.05) is 13.7 Å². The van der Waals surface area contributed by atoms with E-state index >= 15 is 0 Å². The third-order valence-electron chi connectivity index (χ3n) is 4.91. The van der Waals surface area contributed by atoms with Gasteiger partial charge in [0.2, 0.25) is 5.91 Å². The molecule has 1 unspecified atom stereocenters. The molecular weight excluding hydrogens is 342 g/mol. The summed E-state index contributed by atoms with van der Waals surface area (Å²) in [6.45, 7) is 3.78. The number of ether oxygens (including phenoxy) is 1. The molecule has 0 aliphatic heterocycles. The molecular formula is C21H25N3O3. The molecule has 1 aromatic heterocycles. The molecule has 0 saturated carbocycles. The Morgan fingerprint density at radius 3 is 2.59 bits per heavy atom. The van der Waals surface area contributed by atoms with Crippen molar-refractivity contribution in [2.24, 2.45) is 5.92 Å². The minimum atomic E-state index is -0.563. The Kier molecular flexibility index (Phi) is 5.64. The van der Waals surface area contributed by atoms with Gasteiger partial charge < -0.3 is 20.4 Å². The van der Waals surface area contributed by atoms with Crippen LogP contribution in [0.25, 0.3) is 21.8 Å². The number of hydrogen-bond acceptors (Lipinski definition) is 3. The van der Waals surface area contributed by atoms with E-state index < -0.39 is 6.04 Å². The van der Waals surface area contributed by atoms with Crippen LogP contribution in [0.5, 0.6) is 5.75 Å². The maximum Gasteiger partial charge on any atom is 0.258 e. The smallest absolute Gasteiger partial charge is 0.258 e. The van der Waals surface area contributed by atoms with E-state index in [1.807, 2.05) is 50.2 Å². The third kappa shape index (κ3) is 4.05. The lowest BCUT2D eigenvalue weighted by molar-refractivity contribution is -0.130. The molecule has 0 radical (unpaired) electrons. The van der Waals surface area contributed by atoms with Crippen LogP contribution in [0.1, 0.15) is 20.3 Å². The number of likely N-dealkylation sites (N-methyl/N-ethyl adjacent to an activating group) is 1. The Bertz CT molecular complexity index is 964. The number of H-pyrrole nitrogens is 1. The lowest BCUT2D eigenvalue weighted by Crippen LogP contribution is -2.50. The van der Waals surface area contributed by atoms with Gasteiger partial charge in [-0.15, -0.1) is 0 Å². The Labute approximate surface area is 158 Å². The van der Waals surface area contributed by atoms with Gasteiger partial charge in [0.1, 0.15) is 11.8 Å². The minimum absolute atomic E-state index is 0.0385. The zero-order valence-corrected chi connectivity index (χ0v) is 15.8. The maximum atomic E-state index is 12.2. The van der Waals surface area contributed by atoms with Gasteiger partial charge in [0.15, 0.2) is 6.61 Å². The molecule has 3 aromatic rings. The molecule has 27 heavy (non-hydrogen) atoms. The van der Waals surface area contributed by atoms with Gasteiger partial charge in [-0.1, -0.05) is 38.5 Å². The quantitative estimate of drug-likeness (QED) is 0.600. The van der Waals surface area contributed by atoms with E-state index in [1.165, 1.54) is 0 Å². The highest BCUT2D eigenvalue weighted by molar-refractivity contribution is 6.07. The SMILES string of the molecule is CCC(C)[C@H](NC(=O)COc1ccc2c(c1)[nH]c1ccccc12)C(=O)NC. The number of carbonyl (C=O) groups excluding carboxylic acids is 2. The van der Waals surface area contributed by atoms with Crippen LogP contribution in [0.2, 0.25) is 0 Å². The molecule has 1 heterocycles. The topological polar surface area (TPSA) is 83.2 Å². The Balaban J connectivity index is 1.67. The number of aromatic amines is 1. The van der Waals surface area contributed by atoms with Gasteiger partial charge in [0, 0.05) is 29.4 Å². The lowest BCUT2D eigenvalue weighted by Gasteiger charge is -2.22. The number of benzene rings is 2. The van der Waals surface area contributed by atoms with Crippen LogP contribution >= 0.6 is 0 Å². The average molecular weight is 367 g/mol. The average Bonchev–Trinajstić information content (AvgIpc) is 3.07. The number of rotatable bonds is 7. The van der Waals surface area contributed by atoms with Crippen molar-refractivity contribution in [1.29, 1.82) is 0 Å². The standard InChI is InChI=1S/C21H25N3O3/c1-4-13(2)20(21(26)22-3)24-19(25)12-27-14-9-10-16-15-7-5-6-8-17(15)23-18(16)11-14/h5-11,13,20,23H,4,12H2,1-3H3,(H,22,26)(H,24,25)/t13?,20-/m0/s1. The summed E-state index contributed by atoms with van der Waals surface area (Å²) >= 11 is 0. The molecule has 142 valence electrons. The van der Waals surface area contributed by atoms with Crippen molar-refractivity contribution in [3.63, 3.8) is 0 Å². The first-order valence-corrected chi connectivity index (χ1v) is 9.17. The van der Waals surface area contributed by atoms with E-state index in [2.05, 4.69) is 21.7 Å². The molecule has 3 rings (SSSR count). The maximum absolute atomic E-state index is 12.2. The van der Waals surface area contributed by atoms with E-state index in [-0.39, 0.29) is 24.3 Å². The van der Waals surface area contributed by atoms with Crippen LogP contribution < -0.4 is 15.4 Å². The fraction of sp³-hybridized carbons (Fsp3) is 0.333. The molecule has 0 spiro atoms. The Hall–Kier alpha value is -3.02. The monoisotopic (exact) mass is 367 g/mol. The normalized spacial score (nSPS) is 13.3. The third-order valence-corrected chi connectivity index (χ3v) is 4.91. The predicted octanol–water partition coefficient (Wildman–Crippen LogP) is 2.98. The summed E-state index contributed by atoms with van der Waals surface area (Å²) < 4.78 is 5.64. The Morgan fingerprint density at radius 1 is 1.11 bits per heavy atom. The highest BCUT2D eigenvalue weighted by Crippen LogP contribution is 2.28. The van der Waals surface area contributed by atoms with Crippen LogP contribution in [-0.4, -0.2) is 36.5 Å². The Morgan fingerprint density at radius 2 is 1.85 bits per heavy atom. The van der Waals surface area contributed by atoms with Crippen LogP contribution in [0.3, 0.4) is 0 Å². The van der Waals surface area contributed by atoms with Gasteiger partial charge in [-0.2, -0.15) is 0 Å². The second-order valence-electron chi connectivity index (χ2n) is 6.71. The largest absolute Gasteiger partial charge is 0.484 e. The van der Waals surface area contributed by atoms with Gasteiger partial charge in [-0.25, -0.2) is 0 Å². The van der Waals surface area contributed by atoms with Gasteiger partial charge >= 0.3 is 0 Å². The molecule has 2 aromatic carbocycles. The van der Waals surface area contributed by atoms with Crippen molar-refractivity contribution in [3.05, 3.63) is 42.5 Å². The van der Waals surface area contributed by atoms with Gasteiger partial charge in [-0.05, 0) is 24.1 Å². The molecule has 0 bridgehead atoms. The van der Waals surface area contributed by atoms with Crippen molar-refractivity contribution in [3.8, 4) is 5.75 Å². The molecule has 6 nitrogen and oxygen atoms in total. The van der Waals surface area contributed by atoms with Crippen LogP contribution in [0, 0.1) is 5.92 Å². The summed E-state index contributed by atoms with van der Waals surface area (Å²) in [7, 11) is 1.57. The first kappa shape index (κ1) is 18.8. The summed E-state index contributed by atoms with van der Waals surface area (Å²) in [5.74, 6) is 0.124. The molecule has 0 aliphatic carbocycles. The van der Waals surface area contributed by atoms with Gasteiger partial charge in [0.25, 0.3) is 5.91 Å². The van der Waals surface area contributed by atoms with Crippen molar-refractivity contribution < 1.29 is 14.3 Å². The minimum Gasteiger partial charge on any atom is -0.484 e. The van der Waals surface area contributed by atoms with Crippen LogP contribution in [0.4, 0.5) is 0 Å². The zero-order valence-electron chi connectivity index (χ0n) is 15.8. The van der Waals surface area contributed by atoms with Crippen molar-refractivity contribution in [1.82, 2.24) is 15.6 Å². The molecule has 0 saturated heterocycles. The number of nitrogens with one attached hydrogen (secondary N) is 3. The fourth-order valence-electron chi connectivity index (χ4n) is 3.14. The summed E-state index contributed by atoms with van der Waals surface area (Å²) in [6.07, 6.45) is 0.788. The summed E-state index contributed by atoms with van der Waals surface area (Å²) in [5, 5.41) is 7.62. The van der Waals surface area contributed by atoms with Crippen LogP contribution in [-0.2, 0) is 9.59 Å². The predicted molar refractivity (Wildman–Crippen MR) is 107 cm³/mol. The second-order valence-corrected chi connectivity index (χ2v) is 6.71. The zero-order chi connectivity index (χ0) is 19.4. The number of fused-ring (bicyclic) bond motifs is 3. The second kappa shape index (κ2) is 8.12. The number of para-hydroxylation sites is 1. The number of hydrogen-bond donors (Lipinski definition) is 3. The highest BCUT2D eigenvalue weighted by atomic mass is 16.5. The first-order chi connectivity index (χ1) is 13.0. The van der Waals surface area contributed by atoms with E-state index in [0.717, 1.165) is 28.2 Å². The summed E-state index contributed by atoms with van der Waals surface area (Å²) in [6, 6.07) is 13.2. The number of aromatic nitrogens is 1. The first-order valence-electron chi connectivity index (χ1n) is 9.17.